The van der Waals surface area contributed by atoms with E-state index in [1.54, 1.807) is 18.2 Å². The van der Waals surface area contributed by atoms with Gasteiger partial charge in [0.15, 0.2) is 0 Å². The highest BCUT2D eigenvalue weighted by Crippen LogP contribution is 2.22. The van der Waals surface area contributed by atoms with Crippen molar-refractivity contribution in [1.82, 2.24) is 0 Å². The maximum Gasteiger partial charge on any atom is 0.245 e. The zero-order valence-electron chi connectivity index (χ0n) is 14.4. The number of rotatable bonds is 6. The van der Waals surface area contributed by atoms with Crippen LogP contribution in [0.25, 0.3) is 0 Å². The SMILES string of the molecule is CC(C)c1ccc(N(CC(=O)Nc2ccccc2F)S(C)(=O)=O)cc1. The predicted molar refractivity (Wildman–Crippen MR) is 97.8 cm³/mol. The summed E-state index contributed by atoms with van der Waals surface area (Å²) in [5.41, 5.74) is 1.46. The third-order valence-electron chi connectivity index (χ3n) is 3.68. The van der Waals surface area contributed by atoms with Crippen LogP contribution in [0.1, 0.15) is 25.3 Å². The first-order valence-corrected chi connectivity index (χ1v) is 9.65. The van der Waals surface area contributed by atoms with E-state index in [9.17, 15) is 17.6 Å². The van der Waals surface area contributed by atoms with Crippen LogP contribution in [0.4, 0.5) is 15.8 Å². The number of nitrogens with one attached hydrogen (secondary N) is 1. The maximum atomic E-state index is 13.6. The van der Waals surface area contributed by atoms with Crippen molar-refractivity contribution >= 4 is 27.3 Å². The lowest BCUT2D eigenvalue weighted by Crippen LogP contribution is -2.37. The van der Waals surface area contributed by atoms with E-state index < -0.39 is 28.3 Å². The van der Waals surface area contributed by atoms with Crippen LogP contribution in [-0.4, -0.2) is 27.1 Å². The second kappa shape index (κ2) is 7.65. The van der Waals surface area contributed by atoms with Crippen molar-refractivity contribution in [2.24, 2.45) is 0 Å². The summed E-state index contributed by atoms with van der Waals surface area (Å²) in [5, 5.41) is 2.39. The molecule has 0 saturated carbocycles. The maximum absolute atomic E-state index is 13.6. The Morgan fingerprint density at radius 1 is 1.12 bits per heavy atom. The van der Waals surface area contributed by atoms with E-state index >= 15 is 0 Å². The second-order valence-electron chi connectivity index (χ2n) is 6.04. The molecule has 0 spiro atoms. The van der Waals surface area contributed by atoms with Crippen LogP contribution in [0, 0.1) is 5.82 Å². The summed E-state index contributed by atoms with van der Waals surface area (Å²) < 4.78 is 38.8. The molecule has 134 valence electrons. The lowest BCUT2D eigenvalue weighted by atomic mass is 10.0. The van der Waals surface area contributed by atoms with E-state index in [2.05, 4.69) is 5.32 Å². The van der Waals surface area contributed by atoms with Crippen molar-refractivity contribution in [3.8, 4) is 0 Å². The summed E-state index contributed by atoms with van der Waals surface area (Å²) in [6.07, 6.45) is 1.03. The Kier molecular flexibility index (Phi) is 5.79. The van der Waals surface area contributed by atoms with Gasteiger partial charge in [-0.05, 0) is 35.7 Å². The largest absolute Gasteiger partial charge is 0.322 e. The number of carbonyl (C=O) groups excluding carboxylic acids is 1. The van der Waals surface area contributed by atoms with E-state index in [1.807, 2.05) is 26.0 Å². The van der Waals surface area contributed by atoms with E-state index in [4.69, 9.17) is 0 Å². The predicted octanol–water partition coefficient (Wildman–Crippen LogP) is 3.35. The molecule has 0 bridgehead atoms. The van der Waals surface area contributed by atoms with Gasteiger partial charge in [-0.15, -0.1) is 0 Å². The fourth-order valence-corrected chi connectivity index (χ4v) is 3.16. The Hall–Kier alpha value is -2.41. The number of anilines is 2. The molecule has 0 aliphatic carbocycles. The minimum absolute atomic E-state index is 0.0103. The molecular formula is C18H21FN2O3S. The van der Waals surface area contributed by atoms with Crippen LogP contribution < -0.4 is 9.62 Å². The van der Waals surface area contributed by atoms with Crippen molar-refractivity contribution in [3.63, 3.8) is 0 Å². The van der Waals surface area contributed by atoms with Gasteiger partial charge in [0.25, 0.3) is 0 Å². The zero-order valence-corrected chi connectivity index (χ0v) is 15.2. The van der Waals surface area contributed by atoms with E-state index in [1.165, 1.54) is 18.2 Å². The number of halogens is 1. The molecule has 2 aromatic carbocycles. The third kappa shape index (κ3) is 5.03. The molecule has 0 atom stereocenters. The fourth-order valence-electron chi connectivity index (χ4n) is 2.31. The van der Waals surface area contributed by atoms with E-state index in [-0.39, 0.29) is 5.69 Å². The average Bonchev–Trinajstić information content (AvgIpc) is 2.54. The molecule has 0 aromatic heterocycles. The minimum atomic E-state index is -3.67. The van der Waals surface area contributed by atoms with Crippen LogP contribution >= 0.6 is 0 Å². The Balaban J connectivity index is 2.21. The number of hydrogen-bond donors (Lipinski definition) is 1. The first-order valence-electron chi connectivity index (χ1n) is 7.80. The highest BCUT2D eigenvalue weighted by atomic mass is 32.2. The Bertz CT molecular complexity index is 849. The molecule has 1 amide bonds. The van der Waals surface area contributed by atoms with Gasteiger partial charge in [0.2, 0.25) is 15.9 Å². The molecule has 0 heterocycles. The van der Waals surface area contributed by atoms with Crippen molar-refractivity contribution in [2.75, 3.05) is 22.4 Å². The average molecular weight is 364 g/mol. The number of nitrogens with zero attached hydrogens (tertiary/aromatic N) is 1. The molecule has 1 N–H and O–H groups in total. The van der Waals surface area contributed by atoms with Gasteiger partial charge in [0.05, 0.1) is 17.6 Å². The molecule has 25 heavy (non-hydrogen) atoms. The summed E-state index contributed by atoms with van der Waals surface area (Å²) in [7, 11) is -3.67. The highest BCUT2D eigenvalue weighted by molar-refractivity contribution is 7.92. The van der Waals surface area contributed by atoms with Crippen molar-refractivity contribution in [2.45, 2.75) is 19.8 Å². The summed E-state index contributed by atoms with van der Waals surface area (Å²) in [4.78, 5) is 12.2. The molecule has 0 aliphatic rings. The molecule has 7 heteroatoms. The number of benzene rings is 2. The van der Waals surface area contributed by atoms with Gasteiger partial charge in [0, 0.05) is 0 Å². The van der Waals surface area contributed by atoms with E-state index in [0.29, 0.717) is 11.6 Å². The van der Waals surface area contributed by atoms with Crippen LogP contribution in [0.5, 0.6) is 0 Å². The third-order valence-corrected chi connectivity index (χ3v) is 4.82. The molecule has 5 nitrogen and oxygen atoms in total. The Labute approximate surface area is 147 Å². The van der Waals surface area contributed by atoms with Gasteiger partial charge in [-0.3, -0.25) is 9.10 Å². The quantitative estimate of drug-likeness (QED) is 0.855. The second-order valence-corrected chi connectivity index (χ2v) is 7.95. The summed E-state index contributed by atoms with van der Waals surface area (Å²) in [6.45, 7) is 3.63. The number of carbonyl (C=O) groups is 1. The molecule has 0 saturated heterocycles. The van der Waals surface area contributed by atoms with Gasteiger partial charge in [-0.1, -0.05) is 38.1 Å². The first-order chi connectivity index (χ1) is 11.7. The number of sulfonamides is 1. The van der Waals surface area contributed by atoms with E-state index in [0.717, 1.165) is 16.1 Å². The lowest BCUT2D eigenvalue weighted by molar-refractivity contribution is -0.114. The monoisotopic (exact) mass is 364 g/mol. The highest BCUT2D eigenvalue weighted by Gasteiger charge is 2.21. The standard InChI is InChI=1S/C18H21FN2O3S/c1-13(2)14-8-10-15(11-9-14)21(25(3,23)24)12-18(22)20-17-7-5-4-6-16(17)19/h4-11,13H,12H2,1-3H3,(H,20,22). The molecule has 0 aliphatic heterocycles. The van der Waals surface area contributed by atoms with Crippen molar-refractivity contribution in [3.05, 3.63) is 59.9 Å². The van der Waals surface area contributed by atoms with Crippen LogP contribution in [0.3, 0.4) is 0 Å². The fraction of sp³-hybridized carbons (Fsp3) is 0.278. The van der Waals surface area contributed by atoms with Crippen LogP contribution in [0.2, 0.25) is 0 Å². The first kappa shape index (κ1) is 18.9. The molecular weight excluding hydrogens is 343 g/mol. The van der Waals surface area contributed by atoms with Gasteiger partial charge in [0.1, 0.15) is 12.4 Å². The number of amides is 1. The van der Waals surface area contributed by atoms with Crippen LogP contribution in [0.15, 0.2) is 48.5 Å². The van der Waals surface area contributed by atoms with Gasteiger partial charge in [-0.2, -0.15) is 0 Å². The normalized spacial score (nSPS) is 11.4. The molecule has 2 rings (SSSR count). The van der Waals surface area contributed by atoms with Gasteiger partial charge in [-0.25, -0.2) is 12.8 Å². The molecule has 0 unspecified atom stereocenters. The zero-order chi connectivity index (χ0) is 18.6. The minimum Gasteiger partial charge on any atom is -0.322 e. The Morgan fingerprint density at radius 2 is 1.72 bits per heavy atom. The number of para-hydroxylation sites is 1. The molecule has 0 radical (unpaired) electrons. The van der Waals surface area contributed by atoms with Crippen molar-refractivity contribution in [1.29, 1.82) is 0 Å². The van der Waals surface area contributed by atoms with Crippen molar-refractivity contribution < 1.29 is 17.6 Å². The van der Waals surface area contributed by atoms with Crippen LogP contribution in [-0.2, 0) is 14.8 Å². The molecule has 2 aromatic rings. The number of hydrogen-bond acceptors (Lipinski definition) is 3. The van der Waals surface area contributed by atoms with Gasteiger partial charge < -0.3 is 5.32 Å². The molecule has 0 fully saturated rings. The Morgan fingerprint density at radius 3 is 2.24 bits per heavy atom. The lowest BCUT2D eigenvalue weighted by Gasteiger charge is -2.22. The van der Waals surface area contributed by atoms with Gasteiger partial charge >= 0.3 is 0 Å². The summed E-state index contributed by atoms with van der Waals surface area (Å²) in [5.74, 6) is -0.892. The smallest absolute Gasteiger partial charge is 0.245 e. The topological polar surface area (TPSA) is 66.5 Å². The summed E-state index contributed by atoms with van der Waals surface area (Å²) >= 11 is 0. The summed E-state index contributed by atoms with van der Waals surface area (Å²) in [6, 6.07) is 12.7.